The van der Waals surface area contributed by atoms with Crippen molar-refractivity contribution < 1.29 is 9.47 Å². The maximum Gasteiger partial charge on any atom is 0.163 e. The van der Waals surface area contributed by atoms with Crippen LogP contribution in [-0.2, 0) is 6.54 Å². The number of rotatable bonds is 9. The second-order valence-corrected chi connectivity index (χ2v) is 7.82. The van der Waals surface area contributed by atoms with Gasteiger partial charge in [-0.05, 0) is 50.8 Å². The van der Waals surface area contributed by atoms with E-state index in [1.807, 2.05) is 18.2 Å². The van der Waals surface area contributed by atoms with E-state index in [0.29, 0.717) is 23.1 Å². The Kier molecular flexibility index (Phi) is 7.65. The summed E-state index contributed by atoms with van der Waals surface area (Å²) in [6, 6.07) is 6.02. The molecule has 0 bridgehead atoms. The highest BCUT2D eigenvalue weighted by atomic mass is 35.5. The zero-order chi connectivity index (χ0) is 19.9. The summed E-state index contributed by atoms with van der Waals surface area (Å²) in [5.41, 5.74) is 7.63. The van der Waals surface area contributed by atoms with Gasteiger partial charge in [0.15, 0.2) is 11.5 Å². The predicted octanol–water partition coefficient (Wildman–Crippen LogP) is 5.07. The molecule has 1 aliphatic carbocycles. The van der Waals surface area contributed by atoms with Crippen molar-refractivity contribution in [1.29, 1.82) is 0 Å². The van der Waals surface area contributed by atoms with Crippen molar-refractivity contribution in [3.8, 4) is 11.5 Å². The second kappa shape index (κ2) is 10.2. The van der Waals surface area contributed by atoms with Crippen molar-refractivity contribution in [2.75, 3.05) is 25.1 Å². The molecule has 1 aromatic heterocycles. The summed E-state index contributed by atoms with van der Waals surface area (Å²) in [6.45, 7) is 1.95. The van der Waals surface area contributed by atoms with Gasteiger partial charge >= 0.3 is 0 Å². The van der Waals surface area contributed by atoms with Crippen molar-refractivity contribution in [3.05, 3.63) is 46.2 Å². The number of ether oxygens (including phenoxy) is 2. The largest absolute Gasteiger partial charge is 0.493 e. The average molecular weight is 424 g/mol. The third kappa shape index (κ3) is 5.22. The molecular formula is C21H27Cl2N3O2. The van der Waals surface area contributed by atoms with Gasteiger partial charge in [0.05, 0.1) is 23.3 Å². The Morgan fingerprint density at radius 3 is 2.50 bits per heavy atom. The van der Waals surface area contributed by atoms with E-state index < -0.39 is 0 Å². The number of nitrogens with zero attached hydrogens (tertiary/aromatic N) is 2. The molecule has 0 saturated heterocycles. The smallest absolute Gasteiger partial charge is 0.163 e. The second-order valence-electron chi connectivity index (χ2n) is 7.00. The highest BCUT2D eigenvalue weighted by Gasteiger charge is 2.20. The molecule has 0 atom stereocenters. The molecule has 1 saturated carbocycles. The molecule has 0 amide bonds. The minimum absolute atomic E-state index is 0.255. The molecule has 0 radical (unpaired) electrons. The normalized spacial score (nSPS) is 14.3. The van der Waals surface area contributed by atoms with Crippen molar-refractivity contribution in [2.24, 2.45) is 5.73 Å². The minimum Gasteiger partial charge on any atom is -0.493 e. The topological polar surface area (TPSA) is 60.6 Å². The number of benzene rings is 1. The van der Waals surface area contributed by atoms with E-state index in [1.54, 1.807) is 19.5 Å². The Labute approximate surface area is 176 Å². The molecule has 3 rings (SSSR count). The molecule has 2 N–H and O–H groups in total. The van der Waals surface area contributed by atoms with Crippen LogP contribution in [0.25, 0.3) is 0 Å². The molecule has 1 heterocycles. The van der Waals surface area contributed by atoms with E-state index in [1.165, 1.54) is 12.8 Å². The third-order valence-corrected chi connectivity index (χ3v) is 5.69. The van der Waals surface area contributed by atoms with Gasteiger partial charge in [-0.15, -0.1) is 0 Å². The fourth-order valence-corrected chi connectivity index (χ4v) is 3.99. The molecule has 5 nitrogen and oxygen atoms in total. The predicted molar refractivity (Wildman–Crippen MR) is 115 cm³/mol. The number of pyridine rings is 1. The van der Waals surface area contributed by atoms with Gasteiger partial charge in [-0.2, -0.15) is 0 Å². The summed E-state index contributed by atoms with van der Waals surface area (Å²) in [5.74, 6) is 1.52. The van der Waals surface area contributed by atoms with Crippen molar-refractivity contribution in [2.45, 2.75) is 44.8 Å². The van der Waals surface area contributed by atoms with Crippen LogP contribution < -0.4 is 20.1 Å². The van der Waals surface area contributed by atoms with Crippen molar-refractivity contribution >= 4 is 28.9 Å². The first-order valence-corrected chi connectivity index (χ1v) is 10.5. The van der Waals surface area contributed by atoms with Gasteiger partial charge in [0.25, 0.3) is 0 Å². The Balaban J connectivity index is 1.88. The van der Waals surface area contributed by atoms with Crippen molar-refractivity contribution in [1.82, 2.24) is 4.98 Å². The molecule has 1 fully saturated rings. The van der Waals surface area contributed by atoms with Crippen LogP contribution >= 0.6 is 23.2 Å². The highest BCUT2D eigenvalue weighted by molar-refractivity contribution is 6.35. The lowest BCUT2D eigenvalue weighted by molar-refractivity contribution is 0.201. The number of methoxy groups -OCH3 is 1. The lowest BCUT2D eigenvalue weighted by Gasteiger charge is -2.27. The summed E-state index contributed by atoms with van der Waals surface area (Å²) >= 11 is 12.7. The molecule has 0 unspecified atom stereocenters. The Bertz CT molecular complexity index is 762. The molecule has 1 aromatic carbocycles. The Morgan fingerprint density at radius 2 is 1.86 bits per heavy atom. The first kappa shape index (κ1) is 21.0. The van der Waals surface area contributed by atoms with Crippen LogP contribution in [0.2, 0.25) is 10.0 Å². The van der Waals surface area contributed by atoms with Gasteiger partial charge in [0, 0.05) is 42.8 Å². The fourth-order valence-electron chi connectivity index (χ4n) is 3.50. The Hall–Kier alpha value is -1.69. The summed E-state index contributed by atoms with van der Waals surface area (Å²) in [7, 11) is 1.67. The first-order chi connectivity index (χ1) is 13.6. The van der Waals surface area contributed by atoms with Crippen molar-refractivity contribution in [3.63, 3.8) is 0 Å². The monoisotopic (exact) mass is 423 g/mol. The first-order valence-electron chi connectivity index (χ1n) is 9.70. The standard InChI is InChI=1S/C21H27Cl2N3O2/c1-27-20-8-7-15(11-21(20)28-16-5-2-3-6-16)26(10-4-9-24)14-17-18(22)12-25-13-19(17)23/h7-8,11-13,16H,2-6,9-10,14,24H2,1H3. The van der Waals surface area contributed by atoms with E-state index in [2.05, 4.69) is 9.88 Å². The van der Waals surface area contributed by atoms with Crippen LogP contribution in [0.4, 0.5) is 5.69 Å². The van der Waals surface area contributed by atoms with Gasteiger partial charge in [0.2, 0.25) is 0 Å². The van der Waals surface area contributed by atoms with E-state index in [9.17, 15) is 0 Å². The van der Waals surface area contributed by atoms with Crippen LogP contribution in [0.15, 0.2) is 30.6 Å². The molecule has 1 aliphatic rings. The molecule has 2 aromatic rings. The molecule has 28 heavy (non-hydrogen) atoms. The van der Waals surface area contributed by atoms with Gasteiger partial charge in [-0.1, -0.05) is 23.2 Å². The quantitative estimate of drug-likeness (QED) is 0.609. The third-order valence-electron chi connectivity index (χ3n) is 5.04. The Morgan fingerprint density at radius 1 is 1.14 bits per heavy atom. The maximum absolute atomic E-state index is 6.34. The number of hydrogen-bond donors (Lipinski definition) is 1. The molecule has 0 aliphatic heterocycles. The average Bonchev–Trinajstić information content (AvgIpc) is 3.20. The number of hydrogen-bond acceptors (Lipinski definition) is 5. The lowest BCUT2D eigenvalue weighted by Crippen LogP contribution is -2.26. The van der Waals surface area contributed by atoms with Gasteiger partial charge in [-0.25, -0.2) is 0 Å². The highest BCUT2D eigenvalue weighted by Crippen LogP contribution is 2.36. The molecule has 0 spiro atoms. The zero-order valence-corrected chi connectivity index (χ0v) is 17.7. The van der Waals surface area contributed by atoms with Crippen LogP contribution in [0.1, 0.15) is 37.7 Å². The molecule has 7 heteroatoms. The van der Waals surface area contributed by atoms with Crippen LogP contribution in [0.3, 0.4) is 0 Å². The summed E-state index contributed by atoms with van der Waals surface area (Å²) in [6.07, 6.45) is 8.96. The molecular weight excluding hydrogens is 397 g/mol. The zero-order valence-electron chi connectivity index (χ0n) is 16.2. The van der Waals surface area contributed by atoms with E-state index in [0.717, 1.165) is 48.6 Å². The number of aromatic nitrogens is 1. The van der Waals surface area contributed by atoms with E-state index in [-0.39, 0.29) is 6.10 Å². The maximum atomic E-state index is 6.34. The fraction of sp³-hybridized carbons (Fsp3) is 0.476. The van der Waals surface area contributed by atoms with E-state index >= 15 is 0 Å². The summed E-state index contributed by atoms with van der Waals surface area (Å²) in [4.78, 5) is 6.25. The van der Waals surface area contributed by atoms with Gasteiger partial charge < -0.3 is 20.1 Å². The SMILES string of the molecule is COc1ccc(N(CCCN)Cc2c(Cl)cncc2Cl)cc1OC1CCCC1. The lowest BCUT2D eigenvalue weighted by atomic mass is 10.2. The van der Waals surface area contributed by atoms with Gasteiger partial charge in [-0.3, -0.25) is 4.98 Å². The van der Waals surface area contributed by atoms with E-state index in [4.69, 9.17) is 38.4 Å². The summed E-state index contributed by atoms with van der Waals surface area (Å²) < 4.78 is 11.8. The van der Waals surface area contributed by atoms with Gasteiger partial charge in [0.1, 0.15) is 0 Å². The van der Waals surface area contributed by atoms with Crippen LogP contribution in [-0.4, -0.2) is 31.3 Å². The summed E-state index contributed by atoms with van der Waals surface area (Å²) in [5, 5.41) is 1.11. The van der Waals surface area contributed by atoms with Crippen LogP contribution in [0, 0.1) is 0 Å². The number of halogens is 2. The molecule has 152 valence electrons. The van der Waals surface area contributed by atoms with Crippen LogP contribution in [0.5, 0.6) is 11.5 Å². The number of anilines is 1. The minimum atomic E-state index is 0.255. The number of nitrogens with two attached hydrogens (primary N) is 1.